The molecule has 0 fully saturated rings. The van der Waals surface area contributed by atoms with E-state index in [1.165, 1.54) is 11.8 Å². The van der Waals surface area contributed by atoms with Gasteiger partial charge >= 0.3 is 0 Å². The number of hydrogen-bond donors (Lipinski definition) is 2. The monoisotopic (exact) mass is 417 g/mol. The van der Waals surface area contributed by atoms with Crippen molar-refractivity contribution in [3.05, 3.63) is 93.7 Å². The number of benzene rings is 1. The molecule has 2 atom stereocenters. The van der Waals surface area contributed by atoms with Crippen molar-refractivity contribution in [2.24, 2.45) is 5.92 Å². The predicted octanol–water partition coefficient (Wildman–Crippen LogP) is 3.30. The maximum absolute atomic E-state index is 13.2. The summed E-state index contributed by atoms with van der Waals surface area (Å²) < 4.78 is 0. The molecule has 0 radical (unpaired) electrons. The fourth-order valence-corrected chi connectivity index (χ4v) is 5.05. The number of ketones is 1. The van der Waals surface area contributed by atoms with E-state index in [0.29, 0.717) is 35.1 Å². The fraction of sp³-hybridized carbons (Fsp3) is 0.217. The van der Waals surface area contributed by atoms with Crippen LogP contribution >= 0.6 is 11.8 Å². The normalized spacial score (nSPS) is 20.0. The zero-order valence-electron chi connectivity index (χ0n) is 16.2. The molecule has 3 N–H and O–H groups in total. The SMILES string of the molecule is O=C1CCC=C2Nc3nc(SCc4ccccc4)[nH]c(=O)c3C(c3cc[nH+]cc3)C12. The Kier molecular flexibility index (Phi) is 4.96. The number of allylic oxidation sites excluding steroid dienone is 2. The Hall–Kier alpha value is -3.19. The Morgan fingerprint density at radius 2 is 1.87 bits per heavy atom. The Bertz CT molecular complexity index is 1170. The van der Waals surface area contributed by atoms with E-state index >= 15 is 0 Å². The standard InChI is InChI=1S/C23H20N4O2S/c28-17-8-4-7-16-19(17)18(15-9-11-24-12-10-15)20-21(25-16)26-23(27-22(20)29)30-13-14-5-2-1-3-6-14/h1-3,5-7,9-12,18-19H,4,8,13H2,(H2,25,26,27,29)/p+1. The van der Waals surface area contributed by atoms with E-state index in [4.69, 9.17) is 4.98 Å². The Labute approximate surface area is 177 Å². The first-order valence-corrected chi connectivity index (χ1v) is 11.0. The van der Waals surface area contributed by atoms with Crippen LogP contribution in [0.15, 0.2) is 76.6 Å². The molecule has 1 aromatic carbocycles. The largest absolute Gasteiger partial charge is 0.343 e. The van der Waals surface area contributed by atoms with Crippen LogP contribution in [0.2, 0.25) is 0 Å². The van der Waals surface area contributed by atoms with Gasteiger partial charge in [0.25, 0.3) is 5.56 Å². The maximum atomic E-state index is 13.2. The molecular formula is C23H21N4O2S+. The number of fused-ring (bicyclic) bond motifs is 2. The molecule has 2 unspecified atom stereocenters. The molecule has 1 aliphatic carbocycles. The molecule has 2 aliphatic rings. The summed E-state index contributed by atoms with van der Waals surface area (Å²) in [4.78, 5) is 36.7. The second-order valence-electron chi connectivity index (χ2n) is 7.49. The van der Waals surface area contributed by atoms with Gasteiger partial charge in [-0.05, 0) is 17.5 Å². The number of H-pyrrole nitrogens is 2. The van der Waals surface area contributed by atoms with E-state index in [-0.39, 0.29) is 23.2 Å². The average molecular weight is 418 g/mol. The van der Waals surface area contributed by atoms with Crippen LogP contribution in [0.5, 0.6) is 0 Å². The van der Waals surface area contributed by atoms with E-state index in [1.807, 2.05) is 54.9 Å². The molecule has 0 bridgehead atoms. The number of aromatic amines is 2. The number of rotatable bonds is 4. The highest BCUT2D eigenvalue weighted by Crippen LogP contribution is 2.44. The van der Waals surface area contributed by atoms with Crippen molar-refractivity contribution in [2.45, 2.75) is 29.7 Å². The number of anilines is 1. The van der Waals surface area contributed by atoms with Crippen molar-refractivity contribution in [3.63, 3.8) is 0 Å². The minimum atomic E-state index is -0.376. The quantitative estimate of drug-likeness (QED) is 0.502. The summed E-state index contributed by atoms with van der Waals surface area (Å²) in [7, 11) is 0. The third kappa shape index (κ3) is 3.45. The van der Waals surface area contributed by atoms with Crippen LogP contribution in [0.1, 0.15) is 35.4 Å². The highest BCUT2D eigenvalue weighted by Gasteiger charge is 2.42. The van der Waals surface area contributed by atoms with Crippen molar-refractivity contribution in [3.8, 4) is 0 Å². The molecule has 1 aliphatic heterocycles. The molecule has 0 saturated heterocycles. The van der Waals surface area contributed by atoms with Crippen LogP contribution in [-0.4, -0.2) is 15.8 Å². The summed E-state index contributed by atoms with van der Waals surface area (Å²) in [5.74, 6) is 0.693. The highest BCUT2D eigenvalue weighted by atomic mass is 32.2. The topological polar surface area (TPSA) is 89.0 Å². The number of nitrogens with zero attached hydrogens (tertiary/aromatic N) is 1. The lowest BCUT2D eigenvalue weighted by atomic mass is 9.72. The smallest absolute Gasteiger partial charge is 0.257 e. The lowest BCUT2D eigenvalue weighted by Gasteiger charge is -2.36. The van der Waals surface area contributed by atoms with Crippen molar-refractivity contribution < 1.29 is 9.78 Å². The molecule has 0 spiro atoms. The second-order valence-corrected chi connectivity index (χ2v) is 8.45. The zero-order chi connectivity index (χ0) is 20.5. The number of nitrogens with one attached hydrogen (secondary N) is 3. The van der Waals surface area contributed by atoms with Gasteiger partial charge in [-0.15, -0.1) is 0 Å². The number of aromatic nitrogens is 3. The van der Waals surface area contributed by atoms with Crippen LogP contribution in [0.4, 0.5) is 5.82 Å². The van der Waals surface area contributed by atoms with Crippen LogP contribution in [-0.2, 0) is 10.5 Å². The van der Waals surface area contributed by atoms with Gasteiger partial charge in [0, 0.05) is 35.9 Å². The molecular weight excluding hydrogens is 396 g/mol. The Balaban J connectivity index is 1.57. The molecule has 0 amide bonds. The molecule has 150 valence electrons. The van der Waals surface area contributed by atoms with Gasteiger partial charge in [-0.3, -0.25) is 9.59 Å². The van der Waals surface area contributed by atoms with Gasteiger partial charge in [-0.1, -0.05) is 48.2 Å². The highest BCUT2D eigenvalue weighted by molar-refractivity contribution is 7.98. The minimum Gasteiger partial charge on any atom is -0.343 e. The van der Waals surface area contributed by atoms with E-state index in [2.05, 4.69) is 21.4 Å². The summed E-state index contributed by atoms with van der Waals surface area (Å²) in [5.41, 5.74) is 3.28. The number of carbonyl (C=O) groups excluding carboxylic acids is 1. The first kappa shape index (κ1) is 18.8. The lowest BCUT2D eigenvalue weighted by molar-refractivity contribution is -0.378. The summed E-state index contributed by atoms with van der Waals surface area (Å²) >= 11 is 1.49. The maximum Gasteiger partial charge on any atom is 0.257 e. The van der Waals surface area contributed by atoms with Crippen molar-refractivity contribution in [1.82, 2.24) is 9.97 Å². The number of pyridine rings is 1. The van der Waals surface area contributed by atoms with Crippen molar-refractivity contribution >= 4 is 23.4 Å². The summed E-state index contributed by atoms with van der Waals surface area (Å²) in [6, 6.07) is 13.9. The number of Topliss-reactive ketones (excluding diaryl/α,β-unsaturated/α-hetero) is 1. The van der Waals surface area contributed by atoms with Gasteiger partial charge in [0.15, 0.2) is 17.6 Å². The summed E-state index contributed by atoms with van der Waals surface area (Å²) in [5, 5.41) is 3.86. The number of hydrogen-bond acceptors (Lipinski definition) is 5. The van der Waals surface area contributed by atoms with Gasteiger partial charge in [0.05, 0.1) is 11.5 Å². The Morgan fingerprint density at radius 3 is 2.67 bits per heavy atom. The molecule has 6 nitrogen and oxygen atoms in total. The van der Waals surface area contributed by atoms with Crippen LogP contribution < -0.4 is 15.9 Å². The summed E-state index contributed by atoms with van der Waals surface area (Å²) in [6.45, 7) is 0. The van der Waals surface area contributed by atoms with Crippen LogP contribution in [0.25, 0.3) is 0 Å². The van der Waals surface area contributed by atoms with Gasteiger partial charge in [0.1, 0.15) is 11.6 Å². The van der Waals surface area contributed by atoms with Crippen molar-refractivity contribution in [2.75, 3.05) is 5.32 Å². The number of carbonyl (C=O) groups is 1. The van der Waals surface area contributed by atoms with E-state index in [1.54, 1.807) is 0 Å². The first-order chi connectivity index (χ1) is 14.7. The number of thioether (sulfide) groups is 1. The zero-order valence-corrected chi connectivity index (χ0v) is 17.0. The van der Waals surface area contributed by atoms with Gasteiger partial charge in [-0.2, -0.15) is 0 Å². The fourth-order valence-electron chi connectivity index (χ4n) is 4.23. The summed E-state index contributed by atoms with van der Waals surface area (Å²) in [6.07, 6.45) is 6.91. The molecule has 3 heterocycles. The Morgan fingerprint density at radius 1 is 1.07 bits per heavy atom. The van der Waals surface area contributed by atoms with Gasteiger partial charge < -0.3 is 10.3 Å². The van der Waals surface area contributed by atoms with Gasteiger partial charge in [-0.25, -0.2) is 9.97 Å². The first-order valence-electron chi connectivity index (χ1n) is 9.97. The molecule has 7 heteroatoms. The molecule has 3 aromatic rings. The average Bonchev–Trinajstić information content (AvgIpc) is 2.78. The van der Waals surface area contributed by atoms with E-state index in [0.717, 1.165) is 16.8 Å². The van der Waals surface area contributed by atoms with E-state index < -0.39 is 0 Å². The third-order valence-electron chi connectivity index (χ3n) is 5.60. The van der Waals surface area contributed by atoms with E-state index in [9.17, 15) is 9.59 Å². The molecule has 5 rings (SSSR count). The predicted molar refractivity (Wildman–Crippen MR) is 115 cm³/mol. The van der Waals surface area contributed by atoms with Crippen LogP contribution in [0.3, 0.4) is 0 Å². The molecule has 2 aromatic heterocycles. The lowest BCUT2D eigenvalue weighted by Crippen LogP contribution is -2.39. The molecule has 0 saturated carbocycles. The molecule has 30 heavy (non-hydrogen) atoms. The van der Waals surface area contributed by atoms with Gasteiger partial charge in [0.2, 0.25) is 0 Å². The third-order valence-corrected chi connectivity index (χ3v) is 6.54. The minimum absolute atomic E-state index is 0.158. The van der Waals surface area contributed by atoms with Crippen molar-refractivity contribution in [1.29, 1.82) is 0 Å². The second kappa shape index (κ2) is 7.91. The van der Waals surface area contributed by atoms with Crippen LogP contribution in [0, 0.1) is 5.92 Å².